The number of ether oxygens (including phenoxy) is 1. The van der Waals surface area contributed by atoms with Crippen LogP contribution in [-0.4, -0.2) is 45.2 Å². The number of aromatic nitrogens is 3. The van der Waals surface area contributed by atoms with Crippen LogP contribution in [0.2, 0.25) is 0 Å². The van der Waals surface area contributed by atoms with Crippen molar-refractivity contribution in [3.05, 3.63) is 47.8 Å². The minimum Gasteiger partial charge on any atom is -0.389 e. The molecule has 7 heteroatoms. The summed E-state index contributed by atoms with van der Waals surface area (Å²) in [7, 11) is 0. The third-order valence-electron chi connectivity index (χ3n) is 3.97. The number of aliphatic hydroxyl groups excluding tert-OH is 1. The van der Waals surface area contributed by atoms with E-state index < -0.39 is 6.10 Å². The summed E-state index contributed by atoms with van der Waals surface area (Å²) in [4.78, 5) is 4.19. The van der Waals surface area contributed by atoms with Gasteiger partial charge in [-0.1, -0.05) is 18.2 Å². The number of nitrogens with zero attached hydrogens (tertiary/aromatic N) is 3. The van der Waals surface area contributed by atoms with Crippen LogP contribution in [0.25, 0.3) is 0 Å². The van der Waals surface area contributed by atoms with Gasteiger partial charge in [0.1, 0.15) is 18.0 Å². The predicted octanol–water partition coefficient (Wildman–Crippen LogP) is 0.899. The number of aryl methyl sites for hydroxylation is 1. The second-order valence-electron chi connectivity index (χ2n) is 5.76. The first-order chi connectivity index (χ1) is 11.2. The summed E-state index contributed by atoms with van der Waals surface area (Å²) in [5, 5.41) is 17.5. The molecule has 1 aliphatic heterocycles. The minimum absolute atomic E-state index is 0.162. The van der Waals surface area contributed by atoms with E-state index in [0.29, 0.717) is 12.1 Å². The Morgan fingerprint density at radius 2 is 2.30 bits per heavy atom. The minimum atomic E-state index is -0.626. The summed E-state index contributed by atoms with van der Waals surface area (Å²) in [6.45, 7) is 1.53. The summed E-state index contributed by atoms with van der Waals surface area (Å²) in [6.07, 6.45) is 2.81. The quantitative estimate of drug-likeness (QED) is 0.793. The van der Waals surface area contributed by atoms with Crippen LogP contribution in [0.3, 0.4) is 0 Å². The van der Waals surface area contributed by atoms with Crippen molar-refractivity contribution in [1.29, 1.82) is 0 Å². The Hall–Kier alpha value is -1.83. The van der Waals surface area contributed by atoms with E-state index in [1.165, 1.54) is 6.07 Å². The van der Waals surface area contributed by atoms with Crippen molar-refractivity contribution in [2.45, 2.75) is 38.1 Å². The first kappa shape index (κ1) is 16.0. The number of hydrogen-bond acceptors (Lipinski definition) is 5. The molecule has 0 amide bonds. The van der Waals surface area contributed by atoms with Gasteiger partial charge in [0.05, 0.1) is 25.9 Å². The zero-order chi connectivity index (χ0) is 16.1. The number of rotatable bonds is 7. The highest BCUT2D eigenvalue weighted by Gasteiger charge is 2.20. The molecule has 0 aliphatic carbocycles. The van der Waals surface area contributed by atoms with Gasteiger partial charge in [0.25, 0.3) is 0 Å². The molecule has 0 unspecified atom stereocenters. The highest BCUT2D eigenvalue weighted by Crippen LogP contribution is 2.11. The van der Waals surface area contributed by atoms with Crippen molar-refractivity contribution in [1.82, 2.24) is 20.1 Å². The molecule has 0 fully saturated rings. The second kappa shape index (κ2) is 7.63. The van der Waals surface area contributed by atoms with Crippen molar-refractivity contribution >= 4 is 0 Å². The van der Waals surface area contributed by atoms with Gasteiger partial charge in [-0.2, -0.15) is 5.10 Å². The Morgan fingerprint density at radius 3 is 3.17 bits per heavy atom. The van der Waals surface area contributed by atoms with Gasteiger partial charge in [-0.25, -0.2) is 14.1 Å². The molecule has 23 heavy (non-hydrogen) atoms. The zero-order valence-corrected chi connectivity index (χ0v) is 12.9. The van der Waals surface area contributed by atoms with Crippen LogP contribution in [0.15, 0.2) is 30.6 Å². The molecule has 2 N–H and O–H groups in total. The number of aliphatic hydroxyl groups is 1. The maximum Gasteiger partial charge on any atom is 0.138 e. The first-order valence-corrected chi connectivity index (χ1v) is 7.81. The second-order valence-corrected chi connectivity index (χ2v) is 5.76. The average molecular weight is 320 g/mol. The van der Waals surface area contributed by atoms with E-state index in [1.54, 1.807) is 24.5 Å². The first-order valence-electron chi connectivity index (χ1n) is 7.81. The van der Waals surface area contributed by atoms with Crippen LogP contribution in [0.1, 0.15) is 17.8 Å². The van der Waals surface area contributed by atoms with Crippen molar-refractivity contribution in [2.24, 2.45) is 0 Å². The molecule has 0 radical (unpaired) electrons. The molecule has 1 aromatic carbocycles. The van der Waals surface area contributed by atoms with Gasteiger partial charge >= 0.3 is 0 Å². The topological polar surface area (TPSA) is 72.2 Å². The van der Waals surface area contributed by atoms with Crippen LogP contribution < -0.4 is 5.32 Å². The van der Waals surface area contributed by atoms with Gasteiger partial charge in [-0.05, 0) is 12.5 Å². The summed E-state index contributed by atoms with van der Waals surface area (Å²) in [5.41, 5.74) is 0.499. The monoisotopic (exact) mass is 320 g/mol. The fourth-order valence-electron chi connectivity index (χ4n) is 2.69. The van der Waals surface area contributed by atoms with E-state index in [1.807, 2.05) is 4.68 Å². The summed E-state index contributed by atoms with van der Waals surface area (Å²) in [5.74, 6) is 0.725. The van der Waals surface area contributed by atoms with Crippen LogP contribution in [-0.2, 0) is 24.3 Å². The van der Waals surface area contributed by atoms with Crippen molar-refractivity contribution < 1.29 is 14.2 Å². The van der Waals surface area contributed by atoms with Gasteiger partial charge in [-0.15, -0.1) is 0 Å². The Bertz CT molecular complexity index is 634. The van der Waals surface area contributed by atoms with Crippen molar-refractivity contribution in [3.8, 4) is 0 Å². The fourth-order valence-corrected chi connectivity index (χ4v) is 2.69. The molecule has 0 bridgehead atoms. The lowest BCUT2D eigenvalue weighted by molar-refractivity contribution is 0.0260. The third-order valence-corrected chi connectivity index (χ3v) is 3.97. The Kier molecular flexibility index (Phi) is 5.32. The molecule has 0 spiro atoms. The van der Waals surface area contributed by atoms with Gasteiger partial charge < -0.3 is 15.2 Å². The van der Waals surface area contributed by atoms with Gasteiger partial charge in [0.15, 0.2) is 0 Å². The number of fused-ring (bicyclic) bond motifs is 1. The number of nitrogens with one attached hydrogen (secondary N) is 1. The normalized spacial score (nSPS) is 18.6. The van der Waals surface area contributed by atoms with Crippen LogP contribution in [0, 0.1) is 5.82 Å². The van der Waals surface area contributed by atoms with Gasteiger partial charge in [0, 0.05) is 24.6 Å². The molecule has 1 aromatic heterocycles. The fraction of sp³-hybridized carbons (Fsp3) is 0.500. The zero-order valence-electron chi connectivity index (χ0n) is 12.9. The number of hydrogen-bond donors (Lipinski definition) is 2. The highest BCUT2D eigenvalue weighted by atomic mass is 19.1. The largest absolute Gasteiger partial charge is 0.389 e. The molecule has 6 nitrogen and oxygen atoms in total. The van der Waals surface area contributed by atoms with Crippen molar-refractivity contribution in [2.75, 3.05) is 13.2 Å². The molecule has 124 valence electrons. The van der Waals surface area contributed by atoms with Crippen LogP contribution >= 0.6 is 0 Å². The van der Waals surface area contributed by atoms with Gasteiger partial charge in [-0.3, -0.25) is 0 Å². The third kappa shape index (κ3) is 4.34. The molecule has 2 heterocycles. The smallest absolute Gasteiger partial charge is 0.138 e. The lowest BCUT2D eigenvalue weighted by Gasteiger charge is -2.24. The van der Waals surface area contributed by atoms with E-state index in [4.69, 9.17) is 4.74 Å². The standard InChI is InChI=1S/C16H21FN4O2/c17-15-4-2-1-3-12(15)9-23-10-14(22)7-18-13-5-6-16-19-11-20-21(16)8-13/h1-4,11,13-14,18,22H,5-10H2/t13-,14-/m0/s1. The molecular formula is C16H21FN4O2. The van der Waals surface area contributed by atoms with E-state index >= 15 is 0 Å². The van der Waals surface area contributed by atoms with E-state index in [2.05, 4.69) is 15.4 Å². The molecule has 3 rings (SSSR count). The molecule has 0 saturated heterocycles. The average Bonchev–Trinajstić information content (AvgIpc) is 3.02. The maximum absolute atomic E-state index is 13.4. The Morgan fingerprint density at radius 1 is 1.43 bits per heavy atom. The van der Waals surface area contributed by atoms with E-state index in [0.717, 1.165) is 25.2 Å². The molecule has 1 aliphatic rings. The van der Waals surface area contributed by atoms with E-state index in [-0.39, 0.29) is 25.1 Å². The molecular weight excluding hydrogens is 299 g/mol. The molecule has 0 saturated carbocycles. The number of halogens is 1. The molecule has 2 atom stereocenters. The summed E-state index contributed by atoms with van der Waals surface area (Å²) >= 11 is 0. The van der Waals surface area contributed by atoms with E-state index in [9.17, 15) is 9.50 Å². The molecule has 2 aromatic rings. The van der Waals surface area contributed by atoms with Crippen LogP contribution in [0.4, 0.5) is 4.39 Å². The Balaban J connectivity index is 1.36. The SMILES string of the molecule is O[C@@H](CN[C@H]1CCc2ncnn2C1)COCc1ccccc1F. The lowest BCUT2D eigenvalue weighted by atomic mass is 10.1. The summed E-state index contributed by atoms with van der Waals surface area (Å²) < 4.78 is 20.7. The maximum atomic E-state index is 13.4. The van der Waals surface area contributed by atoms with Crippen molar-refractivity contribution in [3.63, 3.8) is 0 Å². The summed E-state index contributed by atoms with van der Waals surface area (Å²) in [6, 6.07) is 6.75. The predicted molar refractivity (Wildman–Crippen MR) is 82.2 cm³/mol. The highest BCUT2D eigenvalue weighted by molar-refractivity contribution is 5.16. The van der Waals surface area contributed by atoms with Gasteiger partial charge in [0.2, 0.25) is 0 Å². The number of benzene rings is 1. The lowest BCUT2D eigenvalue weighted by Crippen LogP contribution is -2.42. The Labute approximate surface area is 134 Å². The van der Waals surface area contributed by atoms with Crippen LogP contribution in [0.5, 0.6) is 0 Å².